The SMILES string of the molecule is CC1CC(C(O)C(C)(C)O)OC(CO)C1C1(C)CCC23CC24CCC(OC2CN(C(=O)CN5CCCC5)CCO2)C(C)(C)C4CCC3C1C. The maximum Gasteiger partial charge on any atom is 0.237 e. The summed E-state index contributed by atoms with van der Waals surface area (Å²) in [5, 5.41) is 32.1. The molecule has 9 nitrogen and oxygen atoms in total. The van der Waals surface area contributed by atoms with E-state index in [1.54, 1.807) is 13.8 Å². The summed E-state index contributed by atoms with van der Waals surface area (Å²) in [6.07, 6.45) is 9.52. The van der Waals surface area contributed by atoms with E-state index in [1.807, 2.05) is 4.90 Å². The van der Waals surface area contributed by atoms with Crippen LogP contribution in [0.1, 0.15) is 113 Å². The normalized spacial score (nSPS) is 47.6. The third-order valence-corrected chi connectivity index (χ3v) is 16.2. The van der Waals surface area contributed by atoms with Gasteiger partial charge in [0.2, 0.25) is 5.91 Å². The Kier molecular flexibility index (Phi) is 9.65. The Balaban J connectivity index is 1.02. The predicted octanol–water partition coefficient (Wildman–Crippen LogP) is 4.85. The number of amides is 1. The third-order valence-electron chi connectivity index (χ3n) is 16.2. The van der Waals surface area contributed by atoms with Crippen LogP contribution in [0.2, 0.25) is 0 Å². The van der Waals surface area contributed by atoms with Gasteiger partial charge in [-0.2, -0.15) is 0 Å². The van der Waals surface area contributed by atoms with Crippen LogP contribution < -0.4 is 0 Å². The molecule has 0 aromatic rings. The van der Waals surface area contributed by atoms with Gasteiger partial charge < -0.3 is 34.4 Å². The number of hydrogen-bond donors (Lipinski definition) is 3. The maximum atomic E-state index is 13.1. The number of likely N-dealkylation sites (tertiary alicyclic amines) is 1. The van der Waals surface area contributed by atoms with Crippen molar-refractivity contribution in [1.82, 2.24) is 9.80 Å². The van der Waals surface area contributed by atoms with E-state index >= 15 is 0 Å². The van der Waals surface area contributed by atoms with Gasteiger partial charge >= 0.3 is 0 Å². The lowest BCUT2D eigenvalue weighted by atomic mass is 9.44. The van der Waals surface area contributed by atoms with E-state index in [0.717, 1.165) is 25.9 Å². The van der Waals surface area contributed by atoms with E-state index < -0.39 is 17.8 Å². The van der Waals surface area contributed by atoms with Crippen LogP contribution in [0.3, 0.4) is 0 Å². The molecule has 3 N–H and O–H groups in total. The zero-order valence-electron chi connectivity index (χ0n) is 31.7. The number of rotatable bonds is 8. The summed E-state index contributed by atoms with van der Waals surface area (Å²) in [5.41, 5.74) is -0.405. The highest BCUT2D eigenvalue weighted by molar-refractivity contribution is 5.78. The number of aliphatic hydroxyl groups excluding tert-OH is 2. The molecule has 3 heterocycles. The van der Waals surface area contributed by atoms with E-state index in [0.29, 0.717) is 61.2 Å². The molecule has 7 aliphatic rings. The van der Waals surface area contributed by atoms with Gasteiger partial charge in [0, 0.05) is 6.54 Å². The summed E-state index contributed by atoms with van der Waals surface area (Å²) in [4.78, 5) is 17.4. The van der Waals surface area contributed by atoms with Crippen molar-refractivity contribution in [3.63, 3.8) is 0 Å². The molecule has 7 rings (SSSR count). The Morgan fingerprint density at radius 1 is 1.02 bits per heavy atom. The number of nitrogens with zero attached hydrogens (tertiary/aromatic N) is 2. The van der Waals surface area contributed by atoms with Gasteiger partial charge in [-0.15, -0.1) is 0 Å². The number of aliphatic hydroxyl groups is 3. The van der Waals surface area contributed by atoms with Crippen LogP contribution in [0.4, 0.5) is 0 Å². The smallest absolute Gasteiger partial charge is 0.237 e. The summed E-state index contributed by atoms with van der Waals surface area (Å²) in [6.45, 7) is 19.7. The summed E-state index contributed by atoms with van der Waals surface area (Å²) in [7, 11) is 0. The standard InChI is InChI=1S/C40H68N2O7/c1-25-20-28(35(45)37(5,6)46)48-29(23-43)34(25)38(7)14-15-39-24-40(39)13-12-31(36(3,4)30(40)11-10-27(39)26(38)2)49-33-22-42(18-19-47-33)32(44)21-41-16-8-9-17-41/h25-31,33-35,43,45-46H,8-24H2,1-7H3. The van der Waals surface area contributed by atoms with Gasteiger partial charge in [-0.1, -0.05) is 34.6 Å². The van der Waals surface area contributed by atoms with Crippen molar-refractivity contribution in [3.05, 3.63) is 0 Å². The molecular formula is C40H68N2O7. The fraction of sp³-hybridized carbons (Fsp3) is 0.975. The van der Waals surface area contributed by atoms with E-state index in [2.05, 4.69) is 39.5 Å². The number of carbonyl (C=O) groups excluding carboxylic acids is 1. The topological polar surface area (TPSA) is 112 Å². The van der Waals surface area contributed by atoms with Gasteiger partial charge in [-0.3, -0.25) is 9.69 Å². The molecule has 280 valence electrons. The molecule has 7 fully saturated rings. The molecule has 0 aromatic heterocycles. The first-order valence-corrected chi connectivity index (χ1v) is 20.0. The lowest BCUT2D eigenvalue weighted by molar-refractivity contribution is -0.247. The van der Waals surface area contributed by atoms with Crippen molar-refractivity contribution in [1.29, 1.82) is 0 Å². The largest absolute Gasteiger partial charge is 0.394 e. The average Bonchev–Trinajstić information content (AvgIpc) is 3.43. The third kappa shape index (κ3) is 5.96. The molecule has 3 saturated heterocycles. The summed E-state index contributed by atoms with van der Waals surface area (Å²) < 4.78 is 19.5. The van der Waals surface area contributed by atoms with E-state index in [9.17, 15) is 20.1 Å². The fourth-order valence-electron chi connectivity index (χ4n) is 13.6. The minimum absolute atomic E-state index is 0.0337. The van der Waals surface area contributed by atoms with Crippen LogP contribution in [0.25, 0.3) is 0 Å². The number of ether oxygens (including phenoxy) is 3. The maximum absolute atomic E-state index is 13.1. The Hall–Kier alpha value is -0.810. The first-order chi connectivity index (χ1) is 23.1. The molecular weight excluding hydrogens is 620 g/mol. The second-order valence-electron chi connectivity index (χ2n) is 19.4. The minimum atomic E-state index is -1.25. The van der Waals surface area contributed by atoms with Crippen molar-refractivity contribution in [2.45, 2.75) is 149 Å². The fourth-order valence-corrected chi connectivity index (χ4v) is 13.6. The zero-order chi connectivity index (χ0) is 35.1. The summed E-state index contributed by atoms with van der Waals surface area (Å²) >= 11 is 0. The number of morpholine rings is 1. The lowest BCUT2D eigenvalue weighted by Gasteiger charge is -2.62. The van der Waals surface area contributed by atoms with Crippen LogP contribution >= 0.6 is 0 Å². The lowest BCUT2D eigenvalue weighted by Crippen LogP contribution is -2.60. The van der Waals surface area contributed by atoms with Crippen LogP contribution in [0.5, 0.6) is 0 Å². The molecule has 0 aromatic carbocycles. The number of hydrogen-bond acceptors (Lipinski definition) is 8. The average molecular weight is 689 g/mol. The van der Waals surface area contributed by atoms with Crippen molar-refractivity contribution >= 4 is 5.91 Å². The molecule has 4 saturated carbocycles. The molecule has 3 aliphatic heterocycles. The van der Waals surface area contributed by atoms with Gasteiger partial charge in [0.25, 0.3) is 0 Å². The second kappa shape index (κ2) is 12.9. The van der Waals surface area contributed by atoms with Gasteiger partial charge in [-0.25, -0.2) is 0 Å². The molecule has 0 radical (unpaired) electrons. The van der Waals surface area contributed by atoms with E-state index in [4.69, 9.17) is 14.2 Å². The molecule has 4 aliphatic carbocycles. The molecule has 1 amide bonds. The van der Waals surface area contributed by atoms with Crippen molar-refractivity contribution in [2.75, 3.05) is 45.9 Å². The van der Waals surface area contributed by atoms with Gasteiger partial charge in [0.05, 0.1) is 50.2 Å². The quantitative estimate of drug-likeness (QED) is 0.332. The van der Waals surface area contributed by atoms with Gasteiger partial charge in [-0.05, 0) is 142 Å². The van der Waals surface area contributed by atoms with Crippen LogP contribution in [0, 0.1) is 51.2 Å². The summed E-state index contributed by atoms with van der Waals surface area (Å²) in [5.74, 6) is 2.50. The second-order valence-corrected chi connectivity index (χ2v) is 19.4. The number of carbonyl (C=O) groups is 1. The predicted molar refractivity (Wildman–Crippen MR) is 187 cm³/mol. The Morgan fingerprint density at radius 2 is 1.76 bits per heavy atom. The summed E-state index contributed by atoms with van der Waals surface area (Å²) in [6, 6.07) is 0. The highest BCUT2D eigenvalue weighted by Gasteiger charge is 2.79. The molecule has 13 atom stereocenters. The Labute approximate surface area is 295 Å². The van der Waals surface area contributed by atoms with Crippen molar-refractivity contribution in [2.24, 2.45) is 51.2 Å². The first-order valence-electron chi connectivity index (χ1n) is 20.0. The van der Waals surface area contributed by atoms with Crippen molar-refractivity contribution < 1.29 is 34.3 Å². The molecule has 0 bridgehead atoms. The van der Waals surface area contributed by atoms with Gasteiger partial charge in [0.15, 0.2) is 6.29 Å². The first kappa shape index (κ1) is 36.5. The minimum Gasteiger partial charge on any atom is -0.394 e. The molecule has 49 heavy (non-hydrogen) atoms. The molecule has 9 heteroatoms. The Bertz CT molecular complexity index is 1220. The Morgan fingerprint density at radius 3 is 2.45 bits per heavy atom. The van der Waals surface area contributed by atoms with E-state index in [-0.39, 0.29) is 53.7 Å². The molecule has 2 spiro atoms. The monoisotopic (exact) mass is 689 g/mol. The molecule has 13 unspecified atom stereocenters. The van der Waals surface area contributed by atoms with Gasteiger partial charge in [0.1, 0.15) is 6.10 Å². The van der Waals surface area contributed by atoms with Crippen LogP contribution in [0.15, 0.2) is 0 Å². The highest BCUT2D eigenvalue weighted by atomic mass is 16.7. The van der Waals surface area contributed by atoms with Crippen LogP contribution in [-0.2, 0) is 19.0 Å². The van der Waals surface area contributed by atoms with E-state index in [1.165, 1.54) is 44.9 Å². The zero-order valence-corrected chi connectivity index (χ0v) is 31.7. The van der Waals surface area contributed by atoms with Crippen LogP contribution in [-0.4, -0.2) is 113 Å². The highest BCUT2D eigenvalue weighted by Crippen LogP contribution is 2.86. The van der Waals surface area contributed by atoms with Crippen molar-refractivity contribution in [3.8, 4) is 0 Å².